The van der Waals surface area contributed by atoms with Gasteiger partial charge in [-0.25, -0.2) is 9.59 Å². The molecule has 0 aromatic heterocycles. The van der Waals surface area contributed by atoms with Crippen LogP contribution in [0.25, 0.3) is 0 Å². The van der Waals surface area contributed by atoms with Crippen LogP contribution in [0.15, 0.2) is 54.6 Å². The SMILES string of the molecule is C=C(C)CO[C@@H](CO)[C@H](COCC(NC(=O)OCc1ccccc1)C(=O)OC)OCC(=C)C. The Balaban J connectivity index is 2.65. The molecule has 0 bridgehead atoms. The monoisotopic (exact) mass is 465 g/mol. The number of ether oxygens (including phenoxy) is 5. The molecule has 33 heavy (non-hydrogen) atoms. The van der Waals surface area contributed by atoms with E-state index >= 15 is 0 Å². The van der Waals surface area contributed by atoms with E-state index in [2.05, 4.69) is 18.5 Å². The van der Waals surface area contributed by atoms with Crippen molar-refractivity contribution in [2.45, 2.75) is 38.7 Å². The number of esters is 1. The molecule has 0 fully saturated rings. The van der Waals surface area contributed by atoms with Crippen LogP contribution in [0.1, 0.15) is 19.4 Å². The van der Waals surface area contributed by atoms with Crippen molar-refractivity contribution in [1.29, 1.82) is 0 Å². The van der Waals surface area contributed by atoms with Crippen molar-refractivity contribution in [3.8, 4) is 0 Å². The topological polar surface area (TPSA) is 113 Å². The number of carbonyl (C=O) groups is 2. The summed E-state index contributed by atoms with van der Waals surface area (Å²) in [6.07, 6.45) is -2.11. The van der Waals surface area contributed by atoms with Gasteiger partial charge in [-0.1, -0.05) is 54.6 Å². The van der Waals surface area contributed by atoms with Gasteiger partial charge in [0.15, 0.2) is 6.04 Å². The van der Waals surface area contributed by atoms with Crippen LogP contribution in [0.4, 0.5) is 4.79 Å². The molecule has 0 saturated heterocycles. The second-order valence-electron chi connectivity index (χ2n) is 7.61. The molecule has 1 rings (SSSR count). The minimum Gasteiger partial charge on any atom is -0.467 e. The van der Waals surface area contributed by atoms with Crippen molar-refractivity contribution in [2.24, 2.45) is 0 Å². The molecule has 0 aliphatic rings. The van der Waals surface area contributed by atoms with Crippen molar-refractivity contribution >= 4 is 12.1 Å². The fourth-order valence-corrected chi connectivity index (χ4v) is 2.56. The zero-order valence-corrected chi connectivity index (χ0v) is 19.6. The second kappa shape index (κ2) is 16.0. The number of benzene rings is 1. The van der Waals surface area contributed by atoms with Crippen LogP contribution in [-0.4, -0.2) is 75.6 Å². The predicted molar refractivity (Wildman–Crippen MR) is 123 cm³/mol. The maximum atomic E-state index is 12.1. The number of alkyl carbamates (subject to hydrolysis) is 1. The summed E-state index contributed by atoms with van der Waals surface area (Å²) in [7, 11) is 1.21. The summed E-state index contributed by atoms with van der Waals surface area (Å²) < 4.78 is 26.9. The number of aliphatic hydroxyl groups is 1. The van der Waals surface area contributed by atoms with Crippen molar-refractivity contribution in [3.63, 3.8) is 0 Å². The lowest BCUT2D eigenvalue weighted by atomic mass is 10.2. The van der Waals surface area contributed by atoms with Gasteiger partial charge < -0.3 is 34.1 Å². The third kappa shape index (κ3) is 12.2. The Morgan fingerprint density at radius 2 is 1.61 bits per heavy atom. The van der Waals surface area contributed by atoms with Gasteiger partial charge in [0.05, 0.1) is 40.1 Å². The van der Waals surface area contributed by atoms with Crippen LogP contribution < -0.4 is 5.32 Å². The van der Waals surface area contributed by atoms with Gasteiger partial charge in [0.25, 0.3) is 0 Å². The number of hydrogen-bond acceptors (Lipinski definition) is 8. The van der Waals surface area contributed by atoms with E-state index in [0.717, 1.165) is 16.7 Å². The van der Waals surface area contributed by atoms with Gasteiger partial charge in [0.2, 0.25) is 0 Å². The molecule has 1 aromatic carbocycles. The molecule has 0 saturated carbocycles. The van der Waals surface area contributed by atoms with Gasteiger partial charge in [-0.05, 0) is 19.4 Å². The summed E-state index contributed by atoms with van der Waals surface area (Å²) in [5.41, 5.74) is 2.38. The van der Waals surface area contributed by atoms with Gasteiger partial charge in [-0.15, -0.1) is 0 Å². The Kier molecular flexibility index (Phi) is 13.7. The van der Waals surface area contributed by atoms with Crippen LogP contribution in [0.2, 0.25) is 0 Å². The van der Waals surface area contributed by atoms with Crippen LogP contribution in [0, 0.1) is 0 Å². The van der Waals surface area contributed by atoms with Gasteiger partial charge in [-0.3, -0.25) is 0 Å². The summed E-state index contributed by atoms with van der Waals surface area (Å²) in [4.78, 5) is 24.2. The van der Waals surface area contributed by atoms with Crippen LogP contribution in [-0.2, 0) is 35.1 Å². The molecule has 0 radical (unpaired) electrons. The van der Waals surface area contributed by atoms with Crippen LogP contribution in [0.5, 0.6) is 0 Å². The van der Waals surface area contributed by atoms with Crippen LogP contribution in [0.3, 0.4) is 0 Å². The molecule has 0 aliphatic heterocycles. The molecule has 0 aliphatic carbocycles. The first-order chi connectivity index (χ1) is 15.8. The predicted octanol–water partition coefficient (Wildman–Crippen LogP) is 2.39. The quantitative estimate of drug-likeness (QED) is 0.283. The summed E-state index contributed by atoms with van der Waals surface area (Å²) in [6, 6.07) is 8.04. The smallest absolute Gasteiger partial charge is 0.408 e. The highest BCUT2D eigenvalue weighted by atomic mass is 16.6. The first-order valence-corrected chi connectivity index (χ1v) is 10.5. The van der Waals surface area contributed by atoms with E-state index < -0.39 is 30.3 Å². The summed E-state index contributed by atoms with van der Waals surface area (Å²) in [5.74, 6) is -0.691. The van der Waals surface area contributed by atoms with Crippen molar-refractivity contribution in [3.05, 3.63) is 60.2 Å². The molecule has 1 aromatic rings. The zero-order chi connectivity index (χ0) is 24.6. The third-order valence-electron chi connectivity index (χ3n) is 4.24. The summed E-state index contributed by atoms with van der Waals surface area (Å²) >= 11 is 0. The maximum absolute atomic E-state index is 12.1. The average Bonchev–Trinajstić information content (AvgIpc) is 2.80. The fraction of sp³-hybridized carbons (Fsp3) is 0.500. The molecule has 9 nitrogen and oxygen atoms in total. The standard InChI is InChI=1S/C24H35NO8/c1-17(2)12-31-21(11-26)22(32-13-18(3)4)16-30-15-20(23(27)29-5)25-24(28)33-14-19-9-7-6-8-10-19/h6-10,20-22,26H,1,3,11-16H2,2,4-5H3,(H,25,28)/t20?,21-,22-/m0/s1. The van der Waals surface area contributed by atoms with Crippen molar-refractivity contribution < 1.29 is 38.4 Å². The zero-order valence-electron chi connectivity index (χ0n) is 19.6. The van der Waals surface area contributed by atoms with E-state index in [-0.39, 0.29) is 39.6 Å². The fourth-order valence-electron chi connectivity index (χ4n) is 2.56. The van der Waals surface area contributed by atoms with E-state index in [1.165, 1.54) is 7.11 Å². The van der Waals surface area contributed by atoms with E-state index in [1.54, 1.807) is 13.8 Å². The number of nitrogens with one attached hydrogen (secondary N) is 1. The van der Waals surface area contributed by atoms with Gasteiger partial charge >= 0.3 is 12.1 Å². The van der Waals surface area contributed by atoms with E-state index in [9.17, 15) is 14.7 Å². The van der Waals surface area contributed by atoms with Gasteiger partial charge in [0.1, 0.15) is 18.8 Å². The highest BCUT2D eigenvalue weighted by Crippen LogP contribution is 2.09. The first-order valence-electron chi connectivity index (χ1n) is 10.5. The number of carbonyl (C=O) groups excluding carboxylic acids is 2. The molecule has 2 N–H and O–H groups in total. The molecule has 9 heteroatoms. The lowest BCUT2D eigenvalue weighted by Crippen LogP contribution is -2.46. The number of methoxy groups -OCH3 is 1. The van der Waals surface area contributed by atoms with E-state index in [1.807, 2.05) is 30.3 Å². The summed E-state index contributed by atoms with van der Waals surface area (Å²) in [6.45, 7) is 11.2. The van der Waals surface area contributed by atoms with Gasteiger partial charge in [0, 0.05) is 0 Å². The van der Waals surface area contributed by atoms with Gasteiger partial charge in [-0.2, -0.15) is 0 Å². The molecule has 184 valence electrons. The molecular formula is C24H35NO8. The Labute approximate surface area is 195 Å². The number of aliphatic hydroxyl groups excluding tert-OH is 1. The third-order valence-corrected chi connectivity index (χ3v) is 4.24. The second-order valence-corrected chi connectivity index (χ2v) is 7.61. The molecule has 0 heterocycles. The Bertz CT molecular complexity index is 752. The number of hydrogen-bond donors (Lipinski definition) is 2. The Morgan fingerprint density at radius 1 is 1.00 bits per heavy atom. The molecule has 3 atom stereocenters. The average molecular weight is 466 g/mol. The minimum absolute atomic E-state index is 0.0110. The first kappa shape index (κ1) is 28.3. The number of amides is 1. The normalized spacial score (nSPS) is 13.5. The van der Waals surface area contributed by atoms with E-state index in [0.29, 0.717) is 0 Å². The molecule has 1 amide bonds. The lowest BCUT2D eigenvalue weighted by Gasteiger charge is -2.27. The molecular weight excluding hydrogens is 430 g/mol. The van der Waals surface area contributed by atoms with Crippen molar-refractivity contribution in [1.82, 2.24) is 5.32 Å². The minimum atomic E-state index is -1.09. The Hall–Kier alpha value is -2.72. The molecule has 0 spiro atoms. The Morgan fingerprint density at radius 3 is 2.15 bits per heavy atom. The summed E-state index contributed by atoms with van der Waals surface area (Å²) in [5, 5.41) is 12.2. The van der Waals surface area contributed by atoms with Crippen LogP contribution >= 0.6 is 0 Å². The largest absolute Gasteiger partial charge is 0.467 e. The van der Waals surface area contributed by atoms with E-state index in [4.69, 9.17) is 23.7 Å². The highest BCUT2D eigenvalue weighted by Gasteiger charge is 2.26. The lowest BCUT2D eigenvalue weighted by molar-refractivity contribution is -0.146. The highest BCUT2D eigenvalue weighted by molar-refractivity contribution is 5.81. The molecule has 1 unspecified atom stereocenters. The number of rotatable bonds is 16. The maximum Gasteiger partial charge on any atom is 0.408 e. The van der Waals surface area contributed by atoms with Crippen molar-refractivity contribution in [2.75, 3.05) is 40.1 Å².